The Morgan fingerprint density at radius 1 is 0.732 bits per heavy atom. The van der Waals surface area contributed by atoms with Crippen LogP contribution < -0.4 is 10.5 Å². The first-order chi connectivity index (χ1) is 18.9. The average molecular weight is 566 g/mol. The molecule has 0 amide bonds. The third-order valence-corrected chi connectivity index (χ3v) is 9.85. The minimum Gasteiger partial charge on any atom is -0.508 e. The minimum absolute atomic E-state index is 0.0200. The summed E-state index contributed by atoms with van der Waals surface area (Å²) in [6, 6.07) is 16.5. The molecular weight excluding hydrogens is 502 g/mol. The molecule has 3 heteroatoms. The normalized spacial score (nSPS) is 16.6. The molecule has 1 saturated carbocycles. The molecule has 232 valence electrons. The van der Waals surface area contributed by atoms with Crippen molar-refractivity contribution >= 4 is 0 Å². The van der Waals surface area contributed by atoms with Gasteiger partial charge in [-0.1, -0.05) is 119 Å². The monoisotopic (exact) mass is 565 g/mol. The van der Waals surface area contributed by atoms with Crippen LogP contribution in [0.2, 0.25) is 0 Å². The second kappa shape index (κ2) is 14.5. The number of benzene rings is 2. The molecule has 0 aliphatic heterocycles. The number of phenolic OH excluding ortho intramolecular Hbond substituents is 1. The molecule has 0 radical (unpaired) electrons. The molecule has 0 heterocycles. The van der Waals surface area contributed by atoms with Gasteiger partial charge in [0.25, 0.3) is 0 Å². The number of rotatable bonds is 12. The van der Waals surface area contributed by atoms with Crippen molar-refractivity contribution in [2.75, 3.05) is 6.61 Å². The highest BCUT2D eigenvalue weighted by atomic mass is 16.5. The topological polar surface area (TPSA) is 55.5 Å². The van der Waals surface area contributed by atoms with E-state index in [-0.39, 0.29) is 27.7 Å². The summed E-state index contributed by atoms with van der Waals surface area (Å²) in [4.78, 5) is 0. The number of phenols is 1. The lowest BCUT2D eigenvalue weighted by atomic mass is 9.53. The van der Waals surface area contributed by atoms with Crippen molar-refractivity contribution in [3.8, 4) is 11.5 Å². The van der Waals surface area contributed by atoms with E-state index < -0.39 is 0 Å². The highest BCUT2D eigenvalue weighted by molar-refractivity contribution is 5.33. The van der Waals surface area contributed by atoms with Crippen LogP contribution in [0.1, 0.15) is 144 Å². The first-order valence-corrected chi connectivity index (χ1v) is 16.2. The first kappa shape index (κ1) is 35.2. The third kappa shape index (κ3) is 10.7. The SMILES string of the molecule is C1CCC1.CCC(C)COc1ccc(C(CC(C)(C)C(C)(C)C(CC(C)(C)C)c2ccc(O)cc2)C(C)(C)N)cc1. The Labute approximate surface area is 253 Å². The average Bonchev–Trinajstić information content (AvgIpc) is 2.83. The molecule has 3 rings (SSSR count). The Morgan fingerprint density at radius 2 is 1.20 bits per heavy atom. The standard InChI is InChI=1S/C34H55NO2.C4H8/c1-12-24(2)23-37-28-19-15-26(16-20-28)30(34(10,11)35)22-32(6,7)33(8,9)29(21-31(3,4)5)25-13-17-27(36)18-14-25;1-2-4-3-1/h13-20,24,29-30,36H,12,21-23,35H2,1-11H3;1-4H2. The Morgan fingerprint density at radius 3 is 1.61 bits per heavy atom. The summed E-state index contributed by atoms with van der Waals surface area (Å²) in [5.74, 6) is 2.32. The van der Waals surface area contributed by atoms with Gasteiger partial charge in [0.1, 0.15) is 11.5 Å². The summed E-state index contributed by atoms with van der Waals surface area (Å²) >= 11 is 0. The van der Waals surface area contributed by atoms with Crippen LogP contribution in [0.15, 0.2) is 48.5 Å². The lowest BCUT2D eigenvalue weighted by Crippen LogP contribution is -2.46. The van der Waals surface area contributed by atoms with E-state index in [1.807, 2.05) is 12.1 Å². The van der Waals surface area contributed by atoms with Gasteiger partial charge in [-0.05, 0) is 90.2 Å². The van der Waals surface area contributed by atoms with Crippen molar-refractivity contribution in [2.45, 2.75) is 138 Å². The quantitative estimate of drug-likeness (QED) is 0.269. The van der Waals surface area contributed by atoms with E-state index in [0.717, 1.165) is 31.6 Å². The van der Waals surface area contributed by atoms with Crippen molar-refractivity contribution in [2.24, 2.45) is 27.9 Å². The molecule has 3 unspecified atom stereocenters. The Bertz CT molecular complexity index is 1010. The highest BCUT2D eigenvalue weighted by Gasteiger charge is 2.47. The molecule has 0 saturated heterocycles. The number of hydrogen-bond acceptors (Lipinski definition) is 3. The van der Waals surface area contributed by atoms with Crippen LogP contribution in [0.25, 0.3) is 0 Å². The zero-order valence-corrected chi connectivity index (χ0v) is 28.4. The van der Waals surface area contributed by atoms with Gasteiger partial charge in [-0.2, -0.15) is 0 Å². The van der Waals surface area contributed by atoms with E-state index >= 15 is 0 Å². The van der Waals surface area contributed by atoms with Gasteiger partial charge in [0.15, 0.2) is 0 Å². The van der Waals surface area contributed by atoms with E-state index in [0.29, 0.717) is 17.6 Å². The van der Waals surface area contributed by atoms with Crippen LogP contribution in [0, 0.1) is 22.2 Å². The molecule has 0 aromatic heterocycles. The first-order valence-electron chi connectivity index (χ1n) is 16.2. The van der Waals surface area contributed by atoms with Crippen LogP contribution in [0.4, 0.5) is 0 Å². The fourth-order valence-electron chi connectivity index (χ4n) is 5.57. The van der Waals surface area contributed by atoms with Crippen molar-refractivity contribution in [1.82, 2.24) is 0 Å². The summed E-state index contributed by atoms with van der Waals surface area (Å²) < 4.78 is 6.02. The van der Waals surface area contributed by atoms with E-state index in [4.69, 9.17) is 10.5 Å². The van der Waals surface area contributed by atoms with Gasteiger partial charge in [-0.15, -0.1) is 0 Å². The van der Waals surface area contributed by atoms with Gasteiger partial charge in [-0.25, -0.2) is 0 Å². The maximum Gasteiger partial charge on any atom is 0.119 e. The Hall–Kier alpha value is -2.00. The van der Waals surface area contributed by atoms with Gasteiger partial charge in [0, 0.05) is 11.5 Å². The van der Waals surface area contributed by atoms with Crippen LogP contribution >= 0.6 is 0 Å². The second-order valence-electron chi connectivity index (χ2n) is 15.9. The van der Waals surface area contributed by atoms with Crippen molar-refractivity contribution in [3.05, 3.63) is 59.7 Å². The molecule has 2 aromatic rings. The fourth-order valence-corrected chi connectivity index (χ4v) is 5.57. The summed E-state index contributed by atoms with van der Waals surface area (Å²) in [5.41, 5.74) is 9.18. The minimum atomic E-state index is -0.371. The number of hydrogen-bond donors (Lipinski definition) is 2. The predicted octanol–water partition coefficient (Wildman–Crippen LogP) is 10.9. The molecule has 1 fully saturated rings. The third-order valence-electron chi connectivity index (χ3n) is 9.85. The van der Waals surface area contributed by atoms with Crippen LogP contribution in [-0.2, 0) is 0 Å². The van der Waals surface area contributed by atoms with E-state index in [9.17, 15) is 5.11 Å². The number of ether oxygens (including phenoxy) is 1. The van der Waals surface area contributed by atoms with E-state index in [1.165, 1.54) is 36.8 Å². The molecular formula is C38H63NO2. The van der Waals surface area contributed by atoms with Gasteiger partial charge in [0.05, 0.1) is 6.61 Å². The van der Waals surface area contributed by atoms with Crippen molar-refractivity contribution in [3.63, 3.8) is 0 Å². The van der Waals surface area contributed by atoms with Crippen molar-refractivity contribution in [1.29, 1.82) is 0 Å². The molecule has 1 aliphatic carbocycles. The lowest BCUT2D eigenvalue weighted by molar-refractivity contribution is 0.0358. The molecule has 2 aromatic carbocycles. The maximum absolute atomic E-state index is 9.94. The van der Waals surface area contributed by atoms with E-state index in [1.54, 1.807) is 0 Å². The molecule has 0 spiro atoms. The predicted molar refractivity (Wildman–Crippen MR) is 178 cm³/mol. The fraction of sp³-hybridized carbons (Fsp3) is 0.684. The van der Waals surface area contributed by atoms with Crippen LogP contribution in [0.5, 0.6) is 11.5 Å². The summed E-state index contributed by atoms with van der Waals surface area (Å²) in [6.45, 7) is 26.1. The number of aromatic hydroxyl groups is 1. The number of nitrogens with two attached hydrogens (primary N) is 1. The molecule has 0 bridgehead atoms. The molecule has 41 heavy (non-hydrogen) atoms. The zero-order valence-electron chi connectivity index (χ0n) is 28.4. The van der Waals surface area contributed by atoms with Crippen LogP contribution in [0.3, 0.4) is 0 Å². The smallest absolute Gasteiger partial charge is 0.119 e. The summed E-state index contributed by atoms with van der Waals surface area (Å²) in [6.07, 6.45) is 9.15. The van der Waals surface area contributed by atoms with Gasteiger partial charge in [0.2, 0.25) is 0 Å². The summed E-state index contributed by atoms with van der Waals surface area (Å²) in [7, 11) is 0. The van der Waals surface area contributed by atoms with Gasteiger partial charge < -0.3 is 15.6 Å². The Kier molecular flexibility index (Phi) is 12.4. The van der Waals surface area contributed by atoms with Crippen molar-refractivity contribution < 1.29 is 9.84 Å². The largest absolute Gasteiger partial charge is 0.508 e. The highest BCUT2D eigenvalue weighted by Crippen LogP contribution is 2.56. The molecule has 3 nitrogen and oxygen atoms in total. The molecule has 3 N–H and O–H groups in total. The van der Waals surface area contributed by atoms with Gasteiger partial charge >= 0.3 is 0 Å². The molecule has 1 aliphatic rings. The second-order valence-corrected chi connectivity index (χ2v) is 15.9. The van der Waals surface area contributed by atoms with Gasteiger partial charge in [-0.3, -0.25) is 0 Å². The lowest BCUT2D eigenvalue weighted by Gasteiger charge is -2.51. The summed E-state index contributed by atoms with van der Waals surface area (Å²) in [5, 5.41) is 9.94. The molecule has 3 atom stereocenters. The zero-order chi connectivity index (χ0) is 31.1. The van der Waals surface area contributed by atoms with Crippen LogP contribution in [-0.4, -0.2) is 17.3 Å². The van der Waals surface area contributed by atoms with E-state index in [2.05, 4.69) is 113 Å². The Balaban J connectivity index is 0.00000135. The maximum atomic E-state index is 9.94.